The Morgan fingerprint density at radius 1 is 0.257 bits per heavy atom. The van der Waals surface area contributed by atoms with Gasteiger partial charge in [-0.1, -0.05) is 36.4 Å². The number of hydrogen-bond donors (Lipinski definition) is 0. The van der Waals surface area contributed by atoms with Crippen molar-refractivity contribution in [3.63, 3.8) is 0 Å². The molecule has 18 bridgehead atoms. The van der Waals surface area contributed by atoms with Gasteiger partial charge in [0.15, 0.2) is 0 Å². The molecular formula is C64H36N10. The van der Waals surface area contributed by atoms with Crippen LogP contribution in [0.1, 0.15) is 0 Å². The van der Waals surface area contributed by atoms with E-state index >= 15 is 0 Å². The molecule has 0 spiro atoms. The summed E-state index contributed by atoms with van der Waals surface area (Å²) in [5, 5.41) is 11.4. The van der Waals surface area contributed by atoms with Crippen LogP contribution in [0, 0.1) is 0 Å². The fourth-order valence-electron chi connectivity index (χ4n) is 13.2. The van der Waals surface area contributed by atoms with Crippen molar-refractivity contribution < 1.29 is 0 Å². The first-order chi connectivity index (χ1) is 36.6. The normalized spacial score (nSPS) is 12.9. The van der Waals surface area contributed by atoms with Crippen LogP contribution in [-0.4, -0.2) is 45.8 Å². The Morgan fingerprint density at radius 2 is 0.581 bits per heavy atom. The summed E-state index contributed by atoms with van der Waals surface area (Å²) < 4.78 is 18.7. The second kappa shape index (κ2) is 13.0. The number of aromatic nitrogens is 10. The van der Waals surface area contributed by atoms with Gasteiger partial charge < -0.3 is 26.7 Å². The minimum absolute atomic E-state index is 0.894. The molecule has 7 aromatic carbocycles. The summed E-state index contributed by atoms with van der Waals surface area (Å²) in [6, 6.07) is 63.2. The topological polar surface area (TPSA) is 63.1 Å². The zero-order valence-electron chi connectivity index (χ0n) is 39.3. The van der Waals surface area contributed by atoms with Gasteiger partial charge in [0, 0.05) is 125 Å². The van der Waals surface area contributed by atoms with E-state index in [0.717, 1.165) is 133 Å². The Morgan fingerprint density at radius 3 is 0.973 bits per heavy atom. The standard InChI is InChI=1S/C64H36N10/c1-2-38-20-26-68-44-9-13-46(14-10-44)74-56-18-16-48-32-52(56)54-34-50(36-66-64(54)74)72-30-24-42-6-5-41-23-29-71(61(41)62(42)72)49-33-53-51-31-47(69-27-21-39-3-4-40-22-28-70(48)60(40)59(39)69)15-17-55(51)73(63(53)65-35-49)45-11-7-43(8-12-45)67-25-19-37(1)57(67)58(38)68/h1-36H. The lowest BCUT2D eigenvalue weighted by atomic mass is 10.1. The predicted molar refractivity (Wildman–Crippen MR) is 301 cm³/mol. The van der Waals surface area contributed by atoms with Crippen molar-refractivity contribution in [3.05, 3.63) is 219 Å². The monoisotopic (exact) mass is 944 g/mol. The summed E-state index contributed by atoms with van der Waals surface area (Å²) in [6.07, 6.45) is 17.3. The molecule has 74 heavy (non-hydrogen) atoms. The maximum atomic E-state index is 5.44. The highest BCUT2D eigenvalue weighted by Gasteiger charge is 2.21. The molecule has 0 fully saturated rings. The molecule has 0 saturated heterocycles. The summed E-state index contributed by atoms with van der Waals surface area (Å²) in [4.78, 5) is 10.9. The van der Waals surface area contributed by atoms with E-state index in [2.05, 4.69) is 243 Å². The molecule has 18 aromatic rings. The molecule has 0 aliphatic carbocycles. The van der Waals surface area contributed by atoms with E-state index in [-0.39, 0.29) is 0 Å². The van der Waals surface area contributed by atoms with E-state index in [1.54, 1.807) is 0 Å². The summed E-state index contributed by atoms with van der Waals surface area (Å²) in [7, 11) is 0. The molecule has 10 heteroatoms. The van der Waals surface area contributed by atoms with Crippen molar-refractivity contribution in [2.75, 3.05) is 0 Å². The van der Waals surface area contributed by atoms with Gasteiger partial charge in [-0.25, -0.2) is 9.97 Å². The van der Waals surface area contributed by atoms with Gasteiger partial charge in [-0.05, 0) is 133 Å². The molecule has 32 rings (SSSR count). The van der Waals surface area contributed by atoms with E-state index in [1.807, 2.05) is 12.4 Å². The average Bonchev–Trinajstić information content (AvgIpc) is 4.32. The van der Waals surface area contributed by atoms with E-state index in [9.17, 15) is 0 Å². The Hall–Kier alpha value is -10.3. The maximum absolute atomic E-state index is 5.44. The number of nitrogens with zero attached hydrogens (tertiary/aromatic N) is 10. The van der Waals surface area contributed by atoms with E-state index < -0.39 is 0 Å². The van der Waals surface area contributed by atoms with Gasteiger partial charge >= 0.3 is 0 Å². The van der Waals surface area contributed by atoms with Crippen LogP contribution in [0.4, 0.5) is 0 Å². The van der Waals surface area contributed by atoms with Crippen LogP contribution in [-0.2, 0) is 0 Å². The van der Waals surface area contributed by atoms with Crippen LogP contribution in [0.15, 0.2) is 219 Å². The first kappa shape index (κ1) is 37.5. The minimum atomic E-state index is 0.894. The third kappa shape index (κ3) is 4.58. The molecule has 0 unspecified atom stereocenters. The SMILES string of the molecule is c1cc2ccc1-n1ccc3ccc4ccn(c4c31)-c1ccc(cc1)-n1c3ccc4cc3c3cc(cnc31)n1ccc3ccc5ccn(c6cnc7c(c6)c6cc(ccc6n7-2)n2ccc6ccc7ccn4c7c62)c5c31. The van der Waals surface area contributed by atoms with Gasteiger partial charge in [-0.2, -0.15) is 0 Å². The number of rotatable bonds is 0. The van der Waals surface area contributed by atoms with Crippen molar-refractivity contribution in [1.29, 1.82) is 0 Å². The van der Waals surface area contributed by atoms with E-state index in [1.165, 1.54) is 21.5 Å². The van der Waals surface area contributed by atoms with Crippen molar-refractivity contribution in [2.45, 2.75) is 0 Å². The first-order valence-electron chi connectivity index (χ1n) is 25.1. The second-order valence-corrected chi connectivity index (χ2v) is 20.2. The van der Waals surface area contributed by atoms with Crippen LogP contribution in [0.25, 0.3) is 154 Å². The third-order valence-corrected chi connectivity index (χ3v) is 16.5. The molecule has 0 amide bonds. The van der Waals surface area contributed by atoms with Crippen LogP contribution in [0.3, 0.4) is 0 Å². The first-order valence-corrected chi connectivity index (χ1v) is 25.1. The average molecular weight is 945 g/mol. The highest BCUT2D eigenvalue weighted by molar-refractivity contribution is 6.14. The summed E-state index contributed by atoms with van der Waals surface area (Å²) >= 11 is 0. The Bertz CT molecular complexity index is 5010. The zero-order valence-corrected chi connectivity index (χ0v) is 39.3. The summed E-state index contributed by atoms with van der Waals surface area (Å²) in [6.45, 7) is 0. The molecule has 25 heterocycles. The van der Waals surface area contributed by atoms with Crippen LogP contribution < -0.4 is 0 Å². The van der Waals surface area contributed by atoms with Crippen molar-refractivity contribution in [1.82, 2.24) is 45.8 Å². The van der Waals surface area contributed by atoms with Gasteiger partial charge in [-0.3, -0.25) is 9.13 Å². The van der Waals surface area contributed by atoms with Gasteiger partial charge in [0.1, 0.15) is 11.3 Å². The highest BCUT2D eigenvalue weighted by Crippen LogP contribution is 2.39. The van der Waals surface area contributed by atoms with Gasteiger partial charge in [0.2, 0.25) is 0 Å². The molecule has 0 radical (unpaired) electrons. The quantitative estimate of drug-likeness (QED) is 0.152. The van der Waals surface area contributed by atoms with Crippen molar-refractivity contribution >= 4 is 131 Å². The molecule has 0 atom stereocenters. The van der Waals surface area contributed by atoms with Gasteiger partial charge in [0.05, 0.1) is 67.6 Å². The molecule has 342 valence electrons. The number of pyridine rings is 2. The van der Waals surface area contributed by atoms with E-state index in [0.29, 0.717) is 0 Å². The zero-order chi connectivity index (χ0) is 47.7. The third-order valence-electron chi connectivity index (χ3n) is 16.5. The Balaban J connectivity index is 1.06. The van der Waals surface area contributed by atoms with Gasteiger partial charge in [-0.15, -0.1) is 0 Å². The molecule has 14 aliphatic rings. The Labute approximate surface area is 417 Å². The fraction of sp³-hybridized carbons (Fsp3) is 0. The lowest BCUT2D eigenvalue weighted by Crippen LogP contribution is -2.00. The van der Waals surface area contributed by atoms with Crippen LogP contribution in [0.2, 0.25) is 0 Å². The summed E-state index contributed by atoms with van der Waals surface area (Å²) in [5.74, 6) is 0. The molecule has 0 N–H and O–H groups in total. The fourth-order valence-corrected chi connectivity index (χ4v) is 13.2. The second-order valence-electron chi connectivity index (χ2n) is 20.2. The Kier molecular flexibility index (Phi) is 6.56. The van der Waals surface area contributed by atoms with Crippen LogP contribution >= 0.6 is 0 Å². The molecule has 0 saturated carbocycles. The molecule has 10 nitrogen and oxygen atoms in total. The molecular weight excluding hydrogens is 909 g/mol. The number of hydrogen-bond acceptors (Lipinski definition) is 2. The predicted octanol–water partition coefficient (Wildman–Crippen LogP) is 15.1. The molecule has 14 aliphatic heterocycles. The van der Waals surface area contributed by atoms with Crippen molar-refractivity contribution in [2.24, 2.45) is 0 Å². The summed E-state index contributed by atoms with van der Waals surface area (Å²) in [5.41, 5.74) is 19.1. The highest BCUT2D eigenvalue weighted by atomic mass is 15.1. The number of benzene rings is 7. The minimum Gasteiger partial charge on any atom is -0.315 e. The lowest BCUT2D eigenvalue weighted by molar-refractivity contribution is 1.08. The molecule has 11 aromatic heterocycles. The largest absolute Gasteiger partial charge is 0.315 e. The van der Waals surface area contributed by atoms with Gasteiger partial charge in [0.25, 0.3) is 0 Å². The smallest absolute Gasteiger partial charge is 0.145 e. The van der Waals surface area contributed by atoms with E-state index in [4.69, 9.17) is 9.97 Å². The lowest BCUT2D eigenvalue weighted by Gasteiger charge is -2.13. The van der Waals surface area contributed by atoms with Crippen LogP contribution in [0.5, 0.6) is 0 Å². The van der Waals surface area contributed by atoms with Crippen molar-refractivity contribution in [3.8, 4) is 22.7 Å². The maximum Gasteiger partial charge on any atom is 0.145 e.